The van der Waals surface area contributed by atoms with Crippen LogP contribution in [-0.4, -0.2) is 11.5 Å². The number of nitrogens with zero attached hydrogens (tertiary/aromatic N) is 1. The predicted molar refractivity (Wildman–Crippen MR) is 70.6 cm³/mol. The monoisotopic (exact) mass is 256 g/mol. The van der Waals surface area contributed by atoms with Crippen molar-refractivity contribution in [1.82, 2.24) is 0 Å². The fourth-order valence-electron chi connectivity index (χ4n) is 1.34. The highest BCUT2D eigenvalue weighted by molar-refractivity contribution is 6.33. The summed E-state index contributed by atoms with van der Waals surface area (Å²) in [4.78, 5) is 10.4. The van der Waals surface area contributed by atoms with Crippen LogP contribution in [0.5, 0.6) is 0 Å². The molecule has 0 amide bonds. The first-order chi connectivity index (χ1) is 7.93. The normalized spacial score (nSPS) is 12.5. The molecule has 0 saturated carbocycles. The van der Waals surface area contributed by atoms with Crippen molar-refractivity contribution >= 4 is 23.0 Å². The number of rotatable bonds is 5. The first-order valence-corrected chi connectivity index (χ1v) is 5.98. The molecule has 0 aromatic heterocycles. The molecule has 0 bridgehead atoms. The molecule has 1 N–H and O–H groups in total. The Bertz CT molecular complexity index is 407. The van der Waals surface area contributed by atoms with Gasteiger partial charge in [0.25, 0.3) is 5.69 Å². The number of para-hydroxylation sites is 1. The third-order valence-electron chi connectivity index (χ3n) is 2.93. The highest BCUT2D eigenvalue weighted by Gasteiger charge is 2.17. The third kappa shape index (κ3) is 3.60. The molecule has 0 aliphatic heterocycles. The van der Waals surface area contributed by atoms with Crippen LogP contribution in [0.3, 0.4) is 0 Å². The van der Waals surface area contributed by atoms with E-state index in [2.05, 4.69) is 26.1 Å². The Morgan fingerprint density at radius 3 is 2.59 bits per heavy atom. The SMILES string of the molecule is CC(C)C(C)CNc1c(Cl)cccc1[N+](=O)[O-]. The number of hydrogen-bond acceptors (Lipinski definition) is 3. The lowest BCUT2D eigenvalue weighted by Crippen LogP contribution is -2.17. The van der Waals surface area contributed by atoms with Crippen LogP contribution >= 0.6 is 11.6 Å². The first kappa shape index (κ1) is 13.8. The quantitative estimate of drug-likeness (QED) is 0.641. The van der Waals surface area contributed by atoms with Gasteiger partial charge in [0.2, 0.25) is 0 Å². The van der Waals surface area contributed by atoms with Crippen molar-refractivity contribution in [3.8, 4) is 0 Å². The summed E-state index contributed by atoms with van der Waals surface area (Å²) in [7, 11) is 0. The lowest BCUT2D eigenvalue weighted by atomic mass is 9.98. The van der Waals surface area contributed by atoms with Crippen molar-refractivity contribution in [2.24, 2.45) is 11.8 Å². The van der Waals surface area contributed by atoms with Gasteiger partial charge >= 0.3 is 0 Å². The molecule has 0 radical (unpaired) electrons. The molecular formula is C12H17ClN2O2. The van der Waals surface area contributed by atoms with E-state index in [1.54, 1.807) is 12.1 Å². The molecule has 0 aliphatic carbocycles. The second-order valence-electron chi connectivity index (χ2n) is 4.49. The minimum atomic E-state index is -0.422. The zero-order valence-corrected chi connectivity index (χ0v) is 11.0. The van der Waals surface area contributed by atoms with Gasteiger partial charge in [0.15, 0.2) is 0 Å². The molecule has 1 unspecified atom stereocenters. The van der Waals surface area contributed by atoms with E-state index in [1.807, 2.05) is 0 Å². The smallest absolute Gasteiger partial charge is 0.293 e. The highest BCUT2D eigenvalue weighted by Crippen LogP contribution is 2.32. The van der Waals surface area contributed by atoms with E-state index in [0.717, 1.165) is 0 Å². The van der Waals surface area contributed by atoms with Gasteiger partial charge in [0.1, 0.15) is 5.69 Å². The van der Waals surface area contributed by atoms with E-state index in [1.165, 1.54) is 6.07 Å². The molecule has 0 heterocycles. The largest absolute Gasteiger partial charge is 0.378 e. The fraction of sp³-hybridized carbons (Fsp3) is 0.500. The molecule has 5 heteroatoms. The minimum absolute atomic E-state index is 0.0217. The summed E-state index contributed by atoms with van der Waals surface area (Å²) in [6, 6.07) is 4.68. The molecule has 0 aliphatic rings. The van der Waals surface area contributed by atoms with Crippen LogP contribution in [0.4, 0.5) is 11.4 Å². The average Bonchev–Trinajstić information content (AvgIpc) is 2.26. The van der Waals surface area contributed by atoms with Gasteiger partial charge in [-0.2, -0.15) is 0 Å². The molecule has 1 aromatic rings. The number of benzene rings is 1. The Morgan fingerprint density at radius 1 is 1.41 bits per heavy atom. The van der Waals surface area contributed by atoms with Gasteiger partial charge in [-0.05, 0) is 17.9 Å². The Hall–Kier alpha value is -1.29. The minimum Gasteiger partial charge on any atom is -0.378 e. The summed E-state index contributed by atoms with van der Waals surface area (Å²) in [6.07, 6.45) is 0. The zero-order valence-electron chi connectivity index (χ0n) is 10.2. The van der Waals surface area contributed by atoms with E-state index in [4.69, 9.17) is 11.6 Å². The maximum absolute atomic E-state index is 10.9. The van der Waals surface area contributed by atoms with Crippen molar-refractivity contribution in [2.75, 3.05) is 11.9 Å². The summed E-state index contributed by atoms with van der Waals surface area (Å²) >= 11 is 5.97. The van der Waals surface area contributed by atoms with Crippen LogP contribution in [0.2, 0.25) is 5.02 Å². The number of nitro benzene ring substituents is 1. The van der Waals surface area contributed by atoms with E-state index in [9.17, 15) is 10.1 Å². The van der Waals surface area contributed by atoms with Crippen molar-refractivity contribution in [1.29, 1.82) is 0 Å². The third-order valence-corrected chi connectivity index (χ3v) is 3.24. The number of nitro groups is 1. The molecule has 0 spiro atoms. The molecule has 94 valence electrons. The zero-order chi connectivity index (χ0) is 13.0. The lowest BCUT2D eigenvalue weighted by Gasteiger charge is -2.17. The van der Waals surface area contributed by atoms with Crippen LogP contribution in [0, 0.1) is 22.0 Å². The Kier molecular flexibility index (Phi) is 4.75. The summed E-state index contributed by atoms with van der Waals surface area (Å²) < 4.78 is 0. The predicted octanol–water partition coefficient (Wildman–Crippen LogP) is 3.95. The lowest BCUT2D eigenvalue weighted by molar-refractivity contribution is -0.383. The van der Waals surface area contributed by atoms with E-state index in [0.29, 0.717) is 29.1 Å². The molecule has 0 fully saturated rings. The average molecular weight is 257 g/mol. The van der Waals surface area contributed by atoms with E-state index in [-0.39, 0.29) is 5.69 Å². The van der Waals surface area contributed by atoms with Crippen molar-refractivity contribution in [3.63, 3.8) is 0 Å². The van der Waals surface area contributed by atoms with Gasteiger partial charge in [-0.25, -0.2) is 0 Å². The Labute approximate surface area is 106 Å². The summed E-state index contributed by atoms with van der Waals surface area (Å²) in [5.41, 5.74) is 0.431. The number of halogens is 1. The number of hydrogen-bond donors (Lipinski definition) is 1. The molecule has 1 rings (SSSR count). The van der Waals surface area contributed by atoms with Crippen LogP contribution < -0.4 is 5.32 Å². The molecular weight excluding hydrogens is 240 g/mol. The highest BCUT2D eigenvalue weighted by atomic mass is 35.5. The van der Waals surface area contributed by atoms with Crippen LogP contribution in [0.25, 0.3) is 0 Å². The Morgan fingerprint density at radius 2 is 2.06 bits per heavy atom. The molecule has 17 heavy (non-hydrogen) atoms. The summed E-state index contributed by atoms with van der Waals surface area (Å²) in [6.45, 7) is 7.00. The van der Waals surface area contributed by atoms with Gasteiger partial charge in [-0.3, -0.25) is 10.1 Å². The molecule has 4 nitrogen and oxygen atoms in total. The maximum Gasteiger partial charge on any atom is 0.293 e. The summed E-state index contributed by atoms with van der Waals surface area (Å²) in [5, 5.41) is 14.3. The second-order valence-corrected chi connectivity index (χ2v) is 4.90. The van der Waals surface area contributed by atoms with E-state index < -0.39 is 4.92 Å². The molecule has 0 saturated heterocycles. The Balaban J connectivity index is 2.86. The van der Waals surface area contributed by atoms with E-state index >= 15 is 0 Å². The molecule has 1 aromatic carbocycles. The fourth-order valence-corrected chi connectivity index (χ4v) is 1.58. The van der Waals surface area contributed by atoms with Gasteiger partial charge < -0.3 is 5.32 Å². The topological polar surface area (TPSA) is 55.2 Å². The van der Waals surface area contributed by atoms with Crippen molar-refractivity contribution < 1.29 is 4.92 Å². The van der Waals surface area contributed by atoms with Gasteiger partial charge in [0.05, 0.1) is 9.95 Å². The summed E-state index contributed by atoms with van der Waals surface area (Å²) in [5.74, 6) is 0.940. The maximum atomic E-state index is 10.9. The van der Waals surface area contributed by atoms with Gasteiger partial charge in [-0.15, -0.1) is 0 Å². The van der Waals surface area contributed by atoms with Crippen molar-refractivity contribution in [2.45, 2.75) is 20.8 Å². The van der Waals surface area contributed by atoms with Crippen LogP contribution in [-0.2, 0) is 0 Å². The number of anilines is 1. The van der Waals surface area contributed by atoms with Crippen LogP contribution in [0.15, 0.2) is 18.2 Å². The molecule has 1 atom stereocenters. The standard InChI is InChI=1S/C12H17ClN2O2/c1-8(2)9(3)7-14-12-10(13)5-4-6-11(12)15(16)17/h4-6,8-9,14H,7H2,1-3H3. The van der Waals surface area contributed by atoms with Gasteiger partial charge in [0, 0.05) is 12.6 Å². The number of nitrogens with one attached hydrogen (secondary N) is 1. The van der Waals surface area contributed by atoms with Gasteiger partial charge in [-0.1, -0.05) is 38.4 Å². The second kappa shape index (κ2) is 5.87. The van der Waals surface area contributed by atoms with Crippen LogP contribution in [0.1, 0.15) is 20.8 Å². The van der Waals surface area contributed by atoms with Crippen molar-refractivity contribution in [3.05, 3.63) is 33.3 Å². The first-order valence-electron chi connectivity index (χ1n) is 5.60.